The van der Waals surface area contributed by atoms with Crippen molar-refractivity contribution in [3.8, 4) is 11.3 Å². The summed E-state index contributed by atoms with van der Waals surface area (Å²) in [4.78, 5) is 25.7. The van der Waals surface area contributed by atoms with Crippen molar-refractivity contribution in [2.75, 3.05) is 5.32 Å². The van der Waals surface area contributed by atoms with Gasteiger partial charge in [-0.05, 0) is 13.0 Å². The summed E-state index contributed by atoms with van der Waals surface area (Å²) in [6, 6.07) is 17.7. The first kappa shape index (κ1) is 17.6. The van der Waals surface area contributed by atoms with E-state index in [-0.39, 0.29) is 11.2 Å². The number of benzene rings is 2. The molecule has 0 bridgehead atoms. The van der Waals surface area contributed by atoms with Crippen LogP contribution in [-0.4, -0.2) is 26.1 Å². The largest absolute Gasteiger partial charge is 0.301 e. The van der Waals surface area contributed by atoms with E-state index in [1.165, 1.54) is 29.4 Å². The van der Waals surface area contributed by atoms with Crippen LogP contribution >= 0.6 is 23.1 Å². The van der Waals surface area contributed by atoms with Gasteiger partial charge in [0, 0.05) is 16.3 Å². The number of hydrogen-bond donors (Lipinski definition) is 1. The Morgan fingerprint density at radius 1 is 1.07 bits per heavy atom. The summed E-state index contributed by atoms with van der Waals surface area (Å²) in [6.45, 7) is 1.86. The van der Waals surface area contributed by atoms with Crippen LogP contribution < -0.4 is 5.32 Å². The van der Waals surface area contributed by atoms with Gasteiger partial charge in [-0.3, -0.25) is 4.79 Å². The molecule has 0 saturated carbocycles. The van der Waals surface area contributed by atoms with Crippen molar-refractivity contribution in [3.05, 3.63) is 66.3 Å². The maximum absolute atomic E-state index is 12.6. The molecule has 0 saturated heterocycles. The van der Waals surface area contributed by atoms with Crippen LogP contribution in [0.15, 0.2) is 71.3 Å². The number of thioether (sulfide) groups is 1. The minimum Gasteiger partial charge on any atom is -0.301 e. The molecule has 0 spiro atoms. The Kier molecular flexibility index (Phi) is 5.13. The maximum Gasteiger partial charge on any atom is 0.239 e. The van der Waals surface area contributed by atoms with E-state index in [0.717, 1.165) is 27.2 Å². The third-order valence-corrected chi connectivity index (χ3v) is 5.84. The molecule has 27 heavy (non-hydrogen) atoms. The molecule has 0 aliphatic carbocycles. The van der Waals surface area contributed by atoms with Crippen molar-refractivity contribution in [1.29, 1.82) is 0 Å². The van der Waals surface area contributed by atoms with Gasteiger partial charge in [-0.1, -0.05) is 60.3 Å². The number of carbonyl (C=O) groups excluding carboxylic acids is 1. The zero-order valence-electron chi connectivity index (χ0n) is 14.5. The van der Waals surface area contributed by atoms with E-state index in [9.17, 15) is 4.79 Å². The summed E-state index contributed by atoms with van der Waals surface area (Å²) in [5.41, 5.74) is 2.76. The molecule has 0 unspecified atom stereocenters. The lowest BCUT2D eigenvalue weighted by molar-refractivity contribution is -0.115. The SMILES string of the molecule is C[C@@H](Sc1ncnc2ccccc12)C(=O)Nc1nc(-c2ccccc2)cs1. The number of thiazole rings is 1. The molecule has 2 aromatic heterocycles. The summed E-state index contributed by atoms with van der Waals surface area (Å²) in [5, 5.41) is 6.88. The number of hydrogen-bond acceptors (Lipinski definition) is 6. The zero-order valence-corrected chi connectivity index (χ0v) is 16.1. The smallest absolute Gasteiger partial charge is 0.239 e. The molecule has 5 nitrogen and oxygen atoms in total. The first-order valence-electron chi connectivity index (χ1n) is 8.39. The van der Waals surface area contributed by atoms with Crippen LogP contribution in [0.1, 0.15) is 6.92 Å². The van der Waals surface area contributed by atoms with Crippen molar-refractivity contribution >= 4 is 45.0 Å². The van der Waals surface area contributed by atoms with Crippen LogP contribution in [0.5, 0.6) is 0 Å². The summed E-state index contributed by atoms with van der Waals surface area (Å²) >= 11 is 2.84. The summed E-state index contributed by atoms with van der Waals surface area (Å²) in [5.74, 6) is -0.100. The molecular weight excluding hydrogens is 376 g/mol. The Balaban J connectivity index is 1.46. The lowest BCUT2D eigenvalue weighted by atomic mass is 10.2. The van der Waals surface area contributed by atoms with Crippen molar-refractivity contribution in [2.45, 2.75) is 17.2 Å². The standard InChI is InChI=1S/C20H16N4OS2/c1-13(27-19-15-9-5-6-10-16(15)21-12-22-19)18(25)24-20-23-17(11-26-20)14-7-3-2-4-8-14/h2-13H,1H3,(H,23,24,25)/t13-/m1/s1. The van der Waals surface area contributed by atoms with Crippen LogP contribution in [0.3, 0.4) is 0 Å². The number of rotatable bonds is 5. The van der Waals surface area contributed by atoms with E-state index in [0.29, 0.717) is 5.13 Å². The number of anilines is 1. The second kappa shape index (κ2) is 7.85. The molecule has 4 aromatic rings. The van der Waals surface area contributed by atoms with Gasteiger partial charge in [0.2, 0.25) is 5.91 Å². The van der Waals surface area contributed by atoms with Crippen LogP contribution in [0, 0.1) is 0 Å². The second-order valence-electron chi connectivity index (χ2n) is 5.85. The van der Waals surface area contributed by atoms with Gasteiger partial charge in [-0.2, -0.15) is 0 Å². The summed E-state index contributed by atoms with van der Waals surface area (Å²) in [6.07, 6.45) is 1.53. The highest BCUT2D eigenvalue weighted by Crippen LogP contribution is 2.29. The highest BCUT2D eigenvalue weighted by Gasteiger charge is 2.18. The predicted molar refractivity (Wildman–Crippen MR) is 111 cm³/mol. The first-order valence-corrected chi connectivity index (χ1v) is 10.1. The van der Waals surface area contributed by atoms with Gasteiger partial charge in [0.05, 0.1) is 16.5 Å². The molecule has 0 radical (unpaired) electrons. The topological polar surface area (TPSA) is 67.8 Å². The van der Waals surface area contributed by atoms with E-state index in [2.05, 4.69) is 20.3 Å². The number of carbonyl (C=O) groups is 1. The van der Waals surface area contributed by atoms with Crippen molar-refractivity contribution in [3.63, 3.8) is 0 Å². The monoisotopic (exact) mass is 392 g/mol. The van der Waals surface area contributed by atoms with Crippen LogP contribution in [0.4, 0.5) is 5.13 Å². The van der Waals surface area contributed by atoms with E-state index >= 15 is 0 Å². The highest BCUT2D eigenvalue weighted by molar-refractivity contribution is 8.00. The van der Waals surface area contributed by atoms with Gasteiger partial charge in [-0.25, -0.2) is 15.0 Å². The third kappa shape index (κ3) is 3.99. The Bertz CT molecular complexity index is 1080. The van der Waals surface area contributed by atoms with Crippen LogP contribution in [-0.2, 0) is 4.79 Å². The molecule has 0 aliphatic rings. The van der Waals surface area contributed by atoms with E-state index < -0.39 is 0 Å². The lowest BCUT2D eigenvalue weighted by Crippen LogP contribution is -2.22. The molecule has 0 fully saturated rings. The average molecular weight is 393 g/mol. The molecule has 1 amide bonds. The Labute approximate surface area is 164 Å². The quantitative estimate of drug-likeness (QED) is 0.387. The number of amides is 1. The normalized spacial score (nSPS) is 12.0. The molecule has 1 N–H and O–H groups in total. The van der Waals surface area contributed by atoms with Crippen LogP contribution in [0.2, 0.25) is 0 Å². The number of nitrogens with one attached hydrogen (secondary N) is 1. The van der Waals surface area contributed by atoms with Gasteiger partial charge < -0.3 is 5.32 Å². The Morgan fingerprint density at radius 2 is 1.85 bits per heavy atom. The molecule has 7 heteroatoms. The number of para-hydroxylation sites is 1. The summed E-state index contributed by atoms with van der Waals surface area (Å²) in [7, 11) is 0. The molecule has 2 aromatic carbocycles. The van der Waals surface area contributed by atoms with E-state index in [1.54, 1.807) is 0 Å². The number of aromatic nitrogens is 3. The average Bonchev–Trinajstić information content (AvgIpc) is 3.17. The third-order valence-electron chi connectivity index (χ3n) is 3.97. The van der Waals surface area contributed by atoms with Gasteiger partial charge >= 0.3 is 0 Å². The zero-order chi connectivity index (χ0) is 18.6. The molecule has 4 rings (SSSR count). The van der Waals surface area contributed by atoms with Crippen molar-refractivity contribution in [1.82, 2.24) is 15.0 Å². The van der Waals surface area contributed by atoms with E-state index in [4.69, 9.17) is 0 Å². The lowest BCUT2D eigenvalue weighted by Gasteiger charge is -2.11. The van der Waals surface area contributed by atoms with E-state index in [1.807, 2.05) is 66.9 Å². The van der Waals surface area contributed by atoms with Gasteiger partial charge in [0.1, 0.15) is 11.4 Å². The van der Waals surface area contributed by atoms with Crippen molar-refractivity contribution in [2.24, 2.45) is 0 Å². The van der Waals surface area contributed by atoms with Crippen molar-refractivity contribution < 1.29 is 4.79 Å². The molecule has 2 heterocycles. The molecule has 0 aliphatic heterocycles. The molecule has 1 atom stereocenters. The Hall–Kier alpha value is -2.77. The van der Waals surface area contributed by atoms with Gasteiger partial charge in [0.15, 0.2) is 5.13 Å². The fourth-order valence-electron chi connectivity index (χ4n) is 2.57. The Morgan fingerprint density at radius 3 is 2.70 bits per heavy atom. The van der Waals surface area contributed by atoms with Gasteiger partial charge in [0.25, 0.3) is 0 Å². The fourth-order valence-corrected chi connectivity index (χ4v) is 4.21. The number of nitrogens with zero attached hydrogens (tertiary/aromatic N) is 3. The predicted octanol–water partition coefficient (Wildman–Crippen LogP) is 4.87. The number of fused-ring (bicyclic) bond motifs is 1. The highest BCUT2D eigenvalue weighted by atomic mass is 32.2. The minimum absolute atomic E-state index is 0.100. The fraction of sp³-hybridized carbons (Fsp3) is 0.100. The van der Waals surface area contributed by atoms with Crippen LogP contribution in [0.25, 0.3) is 22.2 Å². The molecule has 134 valence electrons. The van der Waals surface area contributed by atoms with Gasteiger partial charge in [-0.15, -0.1) is 11.3 Å². The molecular formula is C20H16N4OS2. The second-order valence-corrected chi connectivity index (χ2v) is 8.04. The first-order chi connectivity index (χ1) is 13.2. The minimum atomic E-state index is -0.313. The summed E-state index contributed by atoms with van der Waals surface area (Å²) < 4.78 is 0. The maximum atomic E-state index is 12.6.